The highest BCUT2D eigenvalue weighted by atomic mass is 32.1. The first-order chi connectivity index (χ1) is 62.8. The average molecular weight is 1840 g/mol. The van der Waals surface area contributed by atoms with Crippen molar-refractivity contribution < 1.29 is 9.59 Å². The molecule has 660 valence electrons. The van der Waals surface area contributed by atoms with E-state index in [9.17, 15) is 30.6 Å². The first-order valence-corrected chi connectivity index (χ1v) is 55.6. The van der Waals surface area contributed by atoms with E-state index in [1.165, 1.54) is 313 Å². The molecule has 0 saturated carbocycles. The number of allylic oxidation sites excluding steroid dienone is 6. The number of benzene rings is 4. The second-order valence-corrected chi connectivity index (χ2v) is 44.6. The van der Waals surface area contributed by atoms with Gasteiger partial charge in [-0.05, 0) is 205 Å². The number of carbonyl (C=O) groups excluding carboxylic acids is 2. The van der Waals surface area contributed by atoms with Gasteiger partial charge in [0, 0.05) is 96.7 Å². The third kappa shape index (κ3) is 18.3. The topological polar surface area (TPSA) is 129 Å². The van der Waals surface area contributed by atoms with Crippen molar-refractivity contribution in [2.45, 2.75) is 323 Å². The zero-order valence-electron chi connectivity index (χ0n) is 76.7. The Labute approximate surface area is 794 Å². The largest absolute Gasteiger partial charge is 0.289 e. The molecule has 0 saturated heterocycles. The van der Waals surface area contributed by atoms with Crippen LogP contribution in [0.5, 0.6) is 0 Å². The van der Waals surface area contributed by atoms with Crippen LogP contribution in [-0.2, 0) is 62.2 Å². The number of Topliss-reactive ketones (excluding diaryl/α,β-unsaturated/α-hetero) is 2. The predicted molar refractivity (Wildman–Crippen MR) is 553 cm³/mol. The van der Waals surface area contributed by atoms with Crippen molar-refractivity contribution in [3.63, 3.8) is 0 Å². The van der Waals surface area contributed by atoms with E-state index in [0.717, 1.165) is 112 Å². The molecule has 0 fully saturated rings. The van der Waals surface area contributed by atoms with Crippen molar-refractivity contribution in [1.29, 1.82) is 21.0 Å². The summed E-state index contributed by atoms with van der Waals surface area (Å²) >= 11 is 14.5. The van der Waals surface area contributed by atoms with Gasteiger partial charge in [-0.1, -0.05) is 282 Å². The summed E-state index contributed by atoms with van der Waals surface area (Å²) in [6.07, 6.45) is 49.5. The summed E-state index contributed by atoms with van der Waals surface area (Å²) in [5, 5.41) is 50.4. The fourth-order valence-electron chi connectivity index (χ4n) is 21.3. The monoisotopic (exact) mass is 1840 g/mol. The van der Waals surface area contributed by atoms with Crippen LogP contribution in [0.3, 0.4) is 0 Å². The lowest BCUT2D eigenvalue weighted by molar-refractivity contribution is 0.103. The maximum Gasteiger partial charge on any atom is 0.195 e. The van der Waals surface area contributed by atoms with E-state index < -0.39 is 10.8 Å². The Balaban J connectivity index is 1.07. The number of fused-ring (bicyclic) bond motifs is 15. The number of ketones is 2. The second kappa shape index (κ2) is 42.8. The van der Waals surface area contributed by atoms with E-state index in [1.807, 2.05) is 56.3 Å². The molecule has 4 aliphatic carbocycles. The first-order valence-electron chi connectivity index (χ1n) is 48.8. The number of carbonyl (C=O) groups is 2. The van der Waals surface area contributed by atoms with E-state index in [4.69, 9.17) is 0 Å². The molecule has 0 aliphatic heterocycles. The summed E-state index contributed by atoms with van der Waals surface area (Å²) in [5.41, 5.74) is 24.7. The van der Waals surface area contributed by atoms with Crippen LogP contribution < -0.4 is 0 Å². The minimum absolute atomic E-state index is 0.0391. The highest BCUT2D eigenvalue weighted by Gasteiger charge is 2.57. The Kier molecular flexibility index (Phi) is 31.0. The van der Waals surface area contributed by atoms with Crippen LogP contribution in [0.1, 0.15) is 391 Å². The van der Waals surface area contributed by atoms with Gasteiger partial charge in [0.15, 0.2) is 11.6 Å². The molecule has 0 bridgehead atoms. The van der Waals surface area contributed by atoms with Crippen molar-refractivity contribution in [2.75, 3.05) is 0 Å². The lowest BCUT2D eigenvalue weighted by Gasteiger charge is -2.35. The Morgan fingerprint density at radius 3 is 0.758 bits per heavy atom. The van der Waals surface area contributed by atoms with Crippen molar-refractivity contribution in [3.8, 4) is 43.8 Å². The maximum absolute atomic E-state index is 15.0. The summed E-state index contributed by atoms with van der Waals surface area (Å²) in [6, 6.07) is 45.6. The van der Waals surface area contributed by atoms with Crippen molar-refractivity contribution in [3.05, 3.63) is 250 Å². The molecule has 0 amide bonds. The number of hydrogen-bond donors (Lipinski definition) is 0. The van der Waals surface area contributed by atoms with Gasteiger partial charge in [-0.25, -0.2) is 0 Å². The molecule has 0 N–H and O–H groups in total. The van der Waals surface area contributed by atoms with Crippen LogP contribution in [0.4, 0.5) is 0 Å². The van der Waals surface area contributed by atoms with Crippen LogP contribution in [-0.4, -0.2) is 11.6 Å². The maximum atomic E-state index is 15.0. The zero-order chi connectivity index (χ0) is 89.0. The molecule has 4 aromatic carbocycles. The Bertz CT molecular complexity index is 5730. The highest BCUT2D eigenvalue weighted by Crippen LogP contribution is 2.73. The van der Waals surface area contributed by atoms with Crippen molar-refractivity contribution in [2.24, 2.45) is 0 Å². The number of rotatable bonds is 46. The van der Waals surface area contributed by atoms with Crippen LogP contribution in [0.15, 0.2) is 129 Å². The molecule has 14 heteroatoms. The number of nitriles is 4. The van der Waals surface area contributed by atoms with E-state index in [2.05, 4.69) is 187 Å². The number of unbranched alkanes of at least 4 members (excludes halogenated alkanes) is 24. The lowest BCUT2D eigenvalue weighted by atomic mass is 9.65. The minimum Gasteiger partial charge on any atom is -0.289 e. The second-order valence-electron chi connectivity index (χ2n) is 36.8. The van der Waals surface area contributed by atoms with Crippen LogP contribution in [0.25, 0.3) is 71.0 Å². The van der Waals surface area contributed by atoms with Gasteiger partial charge in [0.2, 0.25) is 0 Å². The lowest BCUT2D eigenvalue weighted by Crippen LogP contribution is -2.30. The van der Waals surface area contributed by atoms with Gasteiger partial charge >= 0.3 is 0 Å². The van der Waals surface area contributed by atoms with E-state index in [1.54, 1.807) is 22.7 Å². The quantitative estimate of drug-likeness (QED) is 0.0212. The molecule has 16 rings (SSSR count). The summed E-state index contributed by atoms with van der Waals surface area (Å²) in [6.45, 7) is 18.6. The molecule has 6 nitrogen and oxygen atoms in total. The number of nitrogens with zero attached hydrogens (tertiary/aromatic N) is 4. The third-order valence-corrected chi connectivity index (χ3v) is 36.7. The van der Waals surface area contributed by atoms with E-state index >= 15 is 0 Å². The number of aryl methyl sites for hydroxylation is 8. The number of hydrogen-bond acceptors (Lipinski definition) is 14. The molecule has 4 aliphatic rings. The summed E-state index contributed by atoms with van der Waals surface area (Å²) < 4.78 is 7.58. The summed E-state index contributed by atoms with van der Waals surface area (Å²) in [5.74, 6) is -0.282. The summed E-state index contributed by atoms with van der Waals surface area (Å²) in [4.78, 5) is 37.2. The Hall–Kier alpha value is -8.48. The third-order valence-electron chi connectivity index (χ3n) is 27.6. The standard InChI is InChI=1S/C114H124N4O2S8/c1-9-17-25-33-41-73-49-74(42-34-26-18-10-2)54-83(53-73)113(84-55-75(43-35-27-19-11-3)50-76(56-84)44-36-28-20-12-4)99-105-95(63-87(123-105)61-89-97(81(65-115)66-116)91-69-121-71-93(91)103(89)119)125-107(99)109-101(113)111-112(127-109)102-110(128-111)108-100(106-96(126-108)64-88(124-106)62-90-98(82(67-117)68-118)92-70-122-72-94(92)104(90)120)114(102,85-57-77(45-37-29-21-13-5)51-78(58-85)46-38-30-22-14-6)86-59-79(47-39-31-23-15-7)52-80(60-86)48-40-32-24-16-8/h49-64,69-72H,9-48H2,1-8H3/b89-61-,90-62-. The normalized spacial score (nSPS) is 14.5. The fraction of sp³-hybridized carbons (Fsp3) is 0.439. The Morgan fingerprint density at radius 2 is 0.516 bits per heavy atom. The molecule has 128 heavy (non-hydrogen) atoms. The van der Waals surface area contributed by atoms with Gasteiger partial charge in [0.05, 0.1) is 49.1 Å². The molecule has 8 heterocycles. The zero-order valence-corrected chi connectivity index (χ0v) is 83.2. The molecule has 0 atom stereocenters. The molecule has 8 aromatic heterocycles. The van der Waals surface area contributed by atoms with E-state index in [0.29, 0.717) is 44.5 Å². The van der Waals surface area contributed by atoms with Gasteiger partial charge in [-0.15, -0.1) is 68.0 Å². The van der Waals surface area contributed by atoms with Gasteiger partial charge in [-0.2, -0.15) is 43.7 Å². The highest BCUT2D eigenvalue weighted by molar-refractivity contribution is 7.37. The first kappa shape index (κ1) is 92.8. The molecular formula is C114H124N4O2S8. The van der Waals surface area contributed by atoms with Crippen LogP contribution >= 0.6 is 90.7 Å². The molecule has 12 aromatic rings. The number of thiophene rings is 8. The molecule has 0 radical (unpaired) electrons. The molecule has 0 unspecified atom stereocenters. The minimum atomic E-state index is -0.847. The van der Waals surface area contributed by atoms with Crippen molar-refractivity contribution >= 4 is 154 Å². The van der Waals surface area contributed by atoms with Gasteiger partial charge in [0.25, 0.3) is 0 Å². The fourth-order valence-corrected chi connectivity index (χ4v) is 31.7. The summed E-state index contributed by atoms with van der Waals surface area (Å²) in [7, 11) is 0. The predicted octanol–water partition coefficient (Wildman–Crippen LogP) is 35.5. The van der Waals surface area contributed by atoms with Crippen LogP contribution in [0, 0.1) is 45.3 Å². The van der Waals surface area contributed by atoms with Crippen LogP contribution in [0.2, 0.25) is 0 Å². The van der Waals surface area contributed by atoms with Gasteiger partial charge in [0.1, 0.15) is 35.4 Å². The van der Waals surface area contributed by atoms with Crippen molar-refractivity contribution in [1.82, 2.24) is 0 Å². The average Bonchev–Trinajstić information content (AvgIpc) is 1.47. The molecule has 0 spiro atoms. The van der Waals surface area contributed by atoms with Gasteiger partial charge < -0.3 is 0 Å². The molecular weight excluding hydrogens is 1710 g/mol. The Morgan fingerprint density at radius 1 is 0.281 bits per heavy atom. The SMILES string of the molecule is CCCCCCc1cc(CCCCCC)cc(C2(c3cc(CCCCCC)cc(CCCCCC)c3)c3c(sc4cc(/C=C5\C(=O)c6cscc6C5=C(C#N)C#N)sc34)-c3sc4c5c(sc4c32)-c2sc3cc(/C=C4\C(=O)c6cscc6C4=C(C#N)C#N)sc3c2C5(c2cc(CCCCCC)cc(CCCCCC)c2)c2cc(CCCCCC)cc(CCCCCC)c2)c1. The van der Waals surface area contributed by atoms with Gasteiger partial charge in [-0.3, -0.25) is 9.59 Å². The van der Waals surface area contributed by atoms with E-state index in [-0.39, 0.29) is 22.7 Å². The smallest absolute Gasteiger partial charge is 0.195 e.